The van der Waals surface area contributed by atoms with Crippen molar-refractivity contribution in [1.29, 1.82) is 0 Å². The van der Waals surface area contributed by atoms with E-state index in [0.29, 0.717) is 24.4 Å². The van der Waals surface area contributed by atoms with Gasteiger partial charge in [0.05, 0.1) is 18.1 Å². The molecule has 1 aromatic rings. The summed E-state index contributed by atoms with van der Waals surface area (Å²) in [6.45, 7) is 1.78. The van der Waals surface area contributed by atoms with Crippen LogP contribution in [0, 0.1) is 10.1 Å². The molecule has 6 nitrogen and oxygen atoms in total. The van der Waals surface area contributed by atoms with Crippen molar-refractivity contribution >= 4 is 11.4 Å². The fourth-order valence-electron chi connectivity index (χ4n) is 2.33. The minimum Gasteiger partial charge on any atom is -0.392 e. The van der Waals surface area contributed by atoms with Crippen LogP contribution in [0.5, 0.6) is 0 Å². The highest BCUT2D eigenvalue weighted by atomic mass is 16.6. The van der Waals surface area contributed by atoms with Crippen molar-refractivity contribution in [1.82, 2.24) is 0 Å². The van der Waals surface area contributed by atoms with Crippen LogP contribution in [0.4, 0.5) is 11.4 Å². The molecule has 0 fully saturated rings. The third-order valence-electron chi connectivity index (χ3n) is 3.39. The Kier molecular flexibility index (Phi) is 4.70. The fourth-order valence-corrected chi connectivity index (χ4v) is 2.33. The predicted molar refractivity (Wildman–Crippen MR) is 75.8 cm³/mol. The van der Waals surface area contributed by atoms with Crippen LogP contribution in [-0.4, -0.2) is 36.8 Å². The van der Waals surface area contributed by atoms with Gasteiger partial charge in [0.1, 0.15) is 5.69 Å². The topological polar surface area (TPSA) is 75.8 Å². The molecule has 0 aromatic heterocycles. The van der Waals surface area contributed by atoms with Gasteiger partial charge in [0, 0.05) is 26.3 Å². The van der Waals surface area contributed by atoms with E-state index in [2.05, 4.69) is 6.08 Å². The smallest absolute Gasteiger partial charge is 0.292 e. The van der Waals surface area contributed by atoms with Gasteiger partial charge < -0.3 is 14.7 Å². The quantitative estimate of drug-likeness (QED) is 0.505. The fraction of sp³-hybridized carbons (Fsp3) is 0.429. The number of methoxy groups -OCH3 is 1. The van der Waals surface area contributed by atoms with Gasteiger partial charge in [-0.25, -0.2) is 0 Å². The van der Waals surface area contributed by atoms with Gasteiger partial charge in [0.2, 0.25) is 0 Å². The van der Waals surface area contributed by atoms with Crippen molar-refractivity contribution < 1.29 is 14.8 Å². The Labute approximate surface area is 117 Å². The summed E-state index contributed by atoms with van der Waals surface area (Å²) in [5.41, 5.74) is 2.41. The number of anilines is 1. The Morgan fingerprint density at radius 1 is 1.50 bits per heavy atom. The summed E-state index contributed by atoms with van der Waals surface area (Å²) in [5.74, 6) is 0. The summed E-state index contributed by atoms with van der Waals surface area (Å²) in [5, 5.41) is 20.2. The number of nitro groups is 1. The Morgan fingerprint density at radius 3 is 2.85 bits per heavy atom. The van der Waals surface area contributed by atoms with Crippen LogP contribution in [-0.2, 0) is 11.3 Å². The molecule has 0 unspecified atom stereocenters. The Balaban J connectivity index is 2.23. The average Bonchev–Trinajstić information content (AvgIpc) is 2.48. The highest BCUT2D eigenvalue weighted by Crippen LogP contribution is 2.31. The Hall–Kier alpha value is -1.92. The number of benzene rings is 1. The standard InChI is InChI=1S/C14H18N2O4/c1-20-10-11-4-6-15(7-5-11)13-3-2-12(9-17)8-14(13)16(18)19/h2-4,8,17H,5-7,9-10H2,1H3. The second-order valence-corrected chi connectivity index (χ2v) is 4.73. The van der Waals surface area contributed by atoms with Crippen LogP contribution in [0.1, 0.15) is 12.0 Å². The Bertz CT molecular complexity index is 528. The zero-order valence-electron chi connectivity index (χ0n) is 11.4. The number of aliphatic hydroxyl groups excluding tert-OH is 1. The van der Waals surface area contributed by atoms with Gasteiger partial charge in [-0.1, -0.05) is 12.1 Å². The van der Waals surface area contributed by atoms with E-state index in [9.17, 15) is 10.1 Å². The molecule has 1 aliphatic heterocycles. The van der Waals surface area contributed by atoms with Crippen LogP contribution in [0.15, 0.2) is 29.8 Å². The van der Waals surface area contributed by atoms with Crippen molar-refractivity contribution in [3.63, 3.8) is 0 Å². The molecule has 0 bridgehead atoms. The number of hydrogen-bond donors (Lipinski definition) is 1. The third-order valence-corrected chi connectivity index (χ3v) is 3.39. The molecule has 0 atom stereocenters. The monoisotopic (exact) mass is 278 g/mol. The molecule has 0 amide bonds. The van der Waals surface area contributed by atoms with E-state index >= 15 is 0 Å². The molecule has 1 aliphatic rings. The summed E-state index contributed by atoms with van der Waals surface area (Å²) in [6, 6.07) is 4.86. The van der Waals surface area contributed by atoms with Gasteiger partial charge in [-0.15, -0.1) is 0 Å². The average molecular weight is 278 g/mol. The number of nitrogens with zero attached hydrogens (tertiary/aromatic N) is 2. The number of nitro benzene ring substituents is 1. The normalized spacial score (nSPS) is 15.1. The molecule has 0 saturated heterocycles. The summed E-state index contributed by atoms with van der Waals surface area (Å²) in [4.78, 5) is 12.7. The van der Waals surface area contributed by atoms with E-state index in [-0.39, 0.29) is 12.3 Å². The van der Waals surface area contributed by atoms with Crippen molar-refractivity contribution in [2.24, 2.45) is 0 Å². The van der Waals surface area contributed by atoms with Gasteiger partial charge in [-0.3, -0.25) is 10.1 Å². The molecule has 6 heteroatoms. The molecule has 0 saturated carbocycles. The Morgan fingerprint density at radius 2 is 2.30 bits per heavy atom. The molecule has 1 aromatic carbocycles. The lowest BCUT2D eigenvalue weighted by Crippen LogP contribution is -2.29. The zero-order chi connectivity index (χ0) is 14.5. The first kappa shape index (κ1) is 14.5. The lowest BCUT2D eigenvalue weighted by atomic mass is 10.1. The first-order chi connectivity index (χ1) is 9.65. The molecule has 0 spiro atoms. The summed E-state index contributed by atoms with van der Waals surface area (Å²) >= 11 is 0. The first-order valence-electron chi connectivity index (χ1n) is 6.45. The van der Waals surface area contributed by atoms with Crippen LogP contribution in [0.3, 0.4) is 0 Å². The van der Waals surface area contributed by atoms with E-state index in [1.165, 1.54) is 11.6 Å². The van der Waals surface area contributed by atoms with Gasteiger partial charge in [-0.2, -0.15) is 0 Å². The molecule has 1 heterocycles. The minimum atomic E-state index is -0.400. The lowest BCUT2D eigenvalue weighted by Gasteiger charge is -2.28. The molecule has 0 radical (unpaired) electrons. The highest BCUT2D eigenvalue weighted by Gasteiger charge is 2.21. The largest absolute Gasteiger partial charge is 0.392 e. The van der Waals surface area contributed by atoms with E-state index in [1.54, 1.807) is 19.2 Å². The molecular formula is C14H18N2O4. The van der Waals surface area contributed by atoms with Gasteiger partial charge in [-0.05, 0) is 23.6 Å². The predicted octanol–water partition coefficient (Wildman–Crippen LogP) is 1.87. The summed E-state index contributed by atoms with van der Waals surface area (Å²) < 4.78 is 5.09. The highest BCUT2D eigenvalue weighted by molar-refractivity contribution is 5.65. The summed E-state index contributed by atoms with van der Waals surface area (Å²) in [6.07, 6.45) is 2.89. The van der Waals surface area contributed by atoms with Gasteiger partial charge in [0.15, 0.2) is 0 Å². The number of aliphatic hydroxyl groups is 1. The van der Waals surface area contributed by atoms with Crippen LogP contribution >= 0.6 is 0 Å². The molecule has 108 valence electrons. The maximum atomic E-state index is 11.2. The van der Waals surface area contributed by atoms with Gasteiger partial charge >= 0.3 is 0 Å². The van der Waals surface area contributed by atoms with Crippen LogP contribution in [0.25, 0.3) is 0 Å². The van der Waals surface area contributed by atoms with E-state index < -0.39 is 4.92 Å². The molecule has 2 rings (SSSR count). The number of hydrogen-bond acceptors (Lipinski definition) is 5. The van der Waals surface area contributed by atoms with Gasteiger partial charge in [0.25, 0.3) is 5.69 Å². The second-order valence-electron chi connectivity index (χ2n) is 4.73. The first-order valence-corrected chi connectivity index (χ1v) is 6.45. The molecule has 0 aliphatic carbocycles. The van der Waals surface area contributed by atoms with E-state index in [0.717, 1.165) is 13.0 Å². The van der Waals surface area contributed by atoms with Crippen LogP contribution < -0.4 is 4.90 Å². The summed E-state index contributed by atoms with van der Waals surface area (Å²) in [7, 11) is 1.66. The second kappa shape index (κ2) is 6.49. The SMILES string of the molecule is COCC1=CCN(c2ccc(CO)cc2[N+](=O)[O-])CC1. The molecule has 1 N–H and O–H groups in total. The third kappa shape index (κ3) is 3.15. The van der Waals surface area contributed by atoms with Crippen molar-refractivity contribution in [2.75, 3.05) is 31.7 Å². The van der Waals surface area contributed by atoms with Crippen molar-refractivity contribution in [2.45, 2.75) is 13.0 Å². The maximum Gasteiger partial charge on any atom is 0.292 e. The molecule has 20 heavy (non-hydrogen) atoms. The van der Waals surface area contributed by atoms with E-state index in [4.69, 9.17) is 9.84 Å². The molecular weight excluding hydrogens is 260 g/mol. The maximum absolute atomic E-state index is 11.2. The zero-order valence-corrected chi connectivity index (χ0v) is 11.4. The number of ether oxygens (including phenoxy) is 1. The van der Waals surface area contributed by atoms with E-state index in [1.807, 2.05) is 4.90 Å². The van der Waals surface area contributed by atoms with Crippen molar-refractivity contribution in [3.8, 4) is 0 Å². The van der Waals surface area contributed by atoms with Crippen LogP contribution in [0.2, 0.25) is 0 Å². The number of rotatable bonds is 5. The van der Waals surface area contributed by atoms with Crippen molar-refractivity contribution in [3.05, 3.63) is 45.5 Å². The minimum absolute atomic E-state index is 0.0418. The lowest BCUT2D eigenvalue weighted by molar-refractivity contribution is -0.384.